The predicted molar refractivity (Wildman–Crippen MR) is 69.2 cm³/mol. The lowest BCUT2D eigenvalue weighted by Crippen LogP contribution is -2.09. The zero-order valence-corrected chi connectivity index (χ0v) is 10.6. The van der Waals surface area contributed by atoms with Crippen molar-refractivity contribution in [2.75, 3.05) is 18.5 Å². The molecule has 20 heavy (non-hydrogen) atoms. The summed E-state index contributed by atoms with van der Waals surface area (Å²) in [5.74, 6) is 0.792. The Morgan fingerprint density at radius 3 is 3.05 bits per heavy atom. The van der Waals surface area contributed by atoms with Gasteiger partial charge in [0.25, 0.3) is 5.91 Å². The highest BCUT2D eigenvalue weighted by molar-refractivity contribution is 5.92. The number of primary amides is 1. The van der Waals surface area contributed by atoms with Crippen LogP contribution >= 0.6 is 0 Å². The average molecular weight is 278 g/mol. The summed E-state index contributed by atoms with van der Waals surface area (Å²) in [6, 6.07) is 1.55. The Morgan fingerprint density at radius 1 is 1.50 bits per heavy atom. The van der Waals surface area contributed by atoms with Crippen LogP contribution in [-0.2, 0) is 6.54 Å². The van der Waals surface area contributed by atoms with E-state index in [1.165, 1.54) is 18.7 Å². The molecule has 0 saturated carbocycles. The molecule has 2 aromatic heterocycles. The van der Waals surface area contributed by atoms with Gasteiger partial charge in [0.15, 0.2) is 0 Å². The van der Waals surface area contributed by atoms with Gasteiger partial charge >= 0.3 is 0 Å². The summed E-state index contributed by atoms with van der Waals surface area (Å²) in [5, 5.41) is 11.6. The molecule has 0 fully saturated rings. The van der Waals surface area contributed by atoms with Crippen LogP contribution in [0.4, 0.5) is 5.82 Å². The molecule has 1 amide bonds. The molecule has 0 saturated heterocycles. The largest absolute Gasteiger partial charge is 0.474 e. The maximum Gasteiger partial charge on any atom is 0.251 e. The van der Waals surface area contributed by atoms with E-state index in [-0.39, 0.29) is 13.2 Å². The first-order valence-electron chi connectivity index (χ1n) is 5.86. The van der Waals surface area contributed by atoms with Gasteiger partial charge in [0.1, 0.15) is 24.4 Å². The number of amides is 1. The number of ether oxygens (including phenoxy) is 1. The molecule has 2 aromatic rings. The van der Waals surface area contributed by atoms with Gasteiger partial charge in [-0.05, 0) is 6.07 Å². The number of hydrogen-bond donors (Lipinski definition) is 3. The molecule has 0 aliphatic rings. The normalized spacial score (nSPS) is 10.2. The molecular weight excluding hydrogens is 264 g/mol. The summed E-state index contributed by atoms with van der Waals surface area (Å²) in [5.41, 5.74) is 5.43. The van der Waals surface area contributed by atoms with Gasteiger partial charge in [-0.2, -0.15) is 4.98 Å². The van der Waals surface area contributed by atoms with E-state index in [1.807, 2.05) is 0 Å². The fourth-order valence-electron chi connectivity index (χ4n) is 1.43. The van der Waals surface area contributed by atoms with Crippen molar-refractivity contribution in [2.24, 2.45) is 5.73 Å². The number of aromatic nitrogens is 2. The second kappa shape index (κ2) is 6.53. The van der Waals surface area contributed by atoms with Crippen LogP contribution in [0.25, 0.3) is 0 Å². The highest BCUT2D eigenvalue weighted by Crippen LogP contribution is 2.12. The number of furan rings is 1. The number of carbonyl (C=O) groups excluding carboxylic acids is 1. The van der Waals surface area contributed by atoms with E-state index >= 15 is 0 Å². The summed E-state index contributed by atoms with van der Waals surface area (Å²) < 4.78 is 10.3. The summed E-state index contributed by atoms with van der Waals surface area (Å²) in [6.07, 6.45) is 4.26. The Hall–Kier alpha value is -2.61. The highest BCUT2D eigenvalue weighted by Gasteiger charge is 2.07. The lowest BCUT2D eigenvalue weighted by Gasteiger charge is -2.06. The van der Waals surface area contributed by atoms with Gasteiger partial charge in [0.2, 0.25) is 5.88 Å². The van der Waals surface area contributed by atoms with Gasteiger partial charge in [0, 0.05) is 0 Å². The van der Waals surface area contributed by atoms with Crippen molar-refractivity contribution in [2.45, 2.75) is 6.54 Å². The van der Waals surface area contributed by atoms with Crippen molar-refractivity contribution in [3.05, 3.63) is 36.0 Å². The minimum Gasteiger partial charge on any atom is -0.474 e. The van der Waals surface area contributed by atoms with Gasteiger partial charge < -0.3 is 25.3 Å². The first-order chi connectivity index (χ1) is 9.69. The second-order valence-corrected chi connectivity index (χ2v) is 3.83. The molecule has 0 atom stereocenters. The smallest absolute Gasteiger partial charge is 0.251 e. The van der Waals surface area contributed by atoms with E-state index in [1.54, 1.807) is 6.07 Å². The molecule has 0 spiro atoms. The van der Waals surface area contributed by atoms with Crippen molar-refractivity contribution in [3.63, 3.8) is 0 Å². The van der Waals surface area contributed by atoms with E-state index in [9.17, 15) is 4.79 Å². The molecule has 0 radical (unpaired) electrons. The standard InChI is InChI=1S/C12H14N4O4/c13-12(18)8-3-9(20-7-8)4-15-10-5-14-6-11(16-10)19-2-1-17/h3,5-7,17H,1-2,4H2,(H2,13,18)(H,15,16). The molecule has 4 N–H and O–H groups in total. The molecule has 0 aliphatic carbocycles. The average Bonchev–Trinajstić information content (AvgIpc) is 2.92. The van der Waals surface area contributed by atoms with Crippen LogP contribution in [0, 0.1) is 0 Å². The lowest BCUT2D eigenvalue weighted by molar-refractivity contribution is 0.0999. The maximum atomic E-state index is 10.9. The minimum absolute atomic E-state index is 0.0956. The monoisotopic (exact) mass is 278 g/mol. The van der Waals surface area contributed by atoms with Crippen LogP contribution in [0.3, 0.4) is 0 Å². The number of hydrogen-bond acceptors (Lipinski definition) is 7. The number of carbonyl (C=O) groups is 1. The number of anilines is 1. The number of nitrogens with two attached hydrogens (primary N) is 1. The SMILES string of the molecule is NC(=O)c1coc(CNc2cncc(OCCO)n2)c1. The molecule has 2 heterocycles. The van der Waals surface area contributed by atoms with Gasteiger partial charge in [0.05, 0.1) is 31.1 Å². The van der Waals surface area contributed by atoms with Crippen molar-refractivity contribution >= 4 is 11.7 Å². The van der Waals surface area contributed by atoms with Crippen LogP contribution < -0.4 is 15.8 Å². The van der Waals surface area contributed by atoms with Gasteiger partial charge in [-0.3, -0.25) is 9.78 Å². The fraction of sp³-hybridized carbons (Fsp3) is 0.250. The first-order valence-corrected chi connectivity index (χ1v) is 5.86. The van der Waals surface area contributed by atoms with Crippen LogP contribution in [0.2, 0.25) is 0 Å². The fourth-order valence-corrected chi connectivity index (χ4v) is 1.43. The Kier molecular flexibility index (Phi) is 4.51. The molecule has 2 rings (SSSR count). The van der Waals surface area contributed by atoms with E-state index in [0.29, 0.717) is 29.6 Å². The van der Waals surface area contributed by atoms with E-state index in [2.05, 4.69) is 15.3 Å². The van der Waals surface area contributed by atoms with E-state index in [0.717, 1.165) is 0 Å². The molecule has 8 heteroatoms. The third-order valence-corrected chi connectivity index (χ3v) is 2.34. The Morgan fingerprint density at radius 2 is 2.35 bits per heavy atom. The summed E-state index contributed by atoms with van der Waals surface area (Å²) >= 11 is 0. The lowest BCUT2D eigenvalue weighted by atomic mass is 10.3. The number of nitrogens with one attached hydrogen (secondary N) is 1. The molecular formula is C12H14N4O4. The predicted octanol–water partition coefficient (Wildman–Crippen LogP) is 0.152. The Bertz CT molecular complexity index is 584. The molecule has 0 bridgehead atoms. The van der Waals surface area contributed by atoms with Gasteiger partial charge in [-0.1, -0.05) is 0 Å². The van der Waals surface area contributed by atoms with Crippen LogP contribution in [-0.4, -0.2) is 34.2 Å². The number of aliphatic hydroxyl groups is 1. The number of rotatable bonds is 7. The maximum absolute atomic E-state index is 10.9. The Balaban J connectivity index is 1.94. The third kappa shape index (κ3) is 3.69. The Labute approximate surface area is 114 Å². The van der Waals surface area contributed by atoms with Gasteiger partial charge in [-0.25, -0.2) is 0 Å². The van der Waals surface area contributed by atoms with Crippen molar-refractivity contribution in [1.29, 1.82) is 0 Å². The summed E-state index contributed by atoms with van der Waals surface area (Å²) in [7, 11) is 0. The molecule has 0 unspecified atom stereocenters. The second-order valence-electron chi connectivity index (χ2n) is 3.83. The minimum atomic E-state index is -0.542. The highest BCUT2D eigenvalue weighted by atomic mass is 16.5. The third-order valence-electron chi connectivity index (χ3n) is 2.34. The zero-order valence-electron chi connectivity index (χ0n) is 10.6. The molecule has 8 nitrogen and oxygen atoms in total. The van der Waals surface area contributed by atoms with Crippen LogP contribution in [0.1, 0.15) is 16.1 Å². The van der Waals surface area contributed by atoms with Crippen LogP contribution in [0.15, 0.2) is 29.1 Å². The van der Waals surface area contributed by atoms with Gasteiger partial charge in [-0.15, -0.1) is 0 Å². The zero-order chi connectivity index (χ0) is 14.4. The molecule has 0 aliphatic heterocycles. The summed E-state index contributed by atoms with van der Waals surface area (Å²) in [6.45, 7) is 0.380. The summed E-state index contributed by atoms with van der Waals surface area (Å²) in [4.78, 5) is 19.0. The van der Waals surface area contributed by atoms with Crippen LogP contribution in [0.5, 0.6) is 5.88 Å². The number of nitrogens with zero attached hydrogens (tertiary/aromatic N) is 2. The van der Waals surface area contributed by atoms with Crippen molar-refractivity contribution in [1.82, 2.24) is 9.97 Å². The van der Waals surface area contributed by atoms with Crippen molar-refractivity contribution < 1.29 is 19.1 Å². The van der Waals surface area contributed by atoms with E-state index < -0.39 is 5.91 Å². The van der Waals surface area contributed by atoms with E-state index in [4.69, 9.17) is 20.0 Å². The molecule has 106 valence electrons. The quantitative estimate of drug-likeness (QED) is 0.658. The van der Waals surface area contributed by atoms with Crippen molar-refractivity contribution in [3.8, 4) is 5.88 Å². The first kappa shape index (κ1) is 13.8. The topological polar surface area (TPSA) is 124 Å². The number of aliphatic hydroxyl groups excluding tert-OH is 1. The molecule has 0 aromatic carbocycles.